The first-order valence-corrected chi connectivity index (χ1v) is 12.3. The number of benzene rings is 4. The molecule has 0 aliphatic heterocycles. The molecular weight excluding hydrogens is 478 g/mol. The van der Waals surface area contributed by atoms with Gasteiger partial charge < -0.3 is 14.5 Å². The van der Waals surface area contributed by atoms with Crippen molar-refractivity contribution in [1.82, 2.24) is 5.32 Å². The van der Waals surface area contributed by atoms with Crippen LogP contribution in [0.25, 0.3) is 11.0 Å². The molecule has 188 valence electrons. The third kappa shape index (κ3) is 5.87. The SMILES string of the molecule is O=C(Oc1ccc2cc(C(=O)NCc3ccccc3)c(=O)oc2c1)c1ccccc1CCc1ccccc1. The Bertz CT molecular complexity index is 1640. The maximum Gasteiger partial charge on any atom is 0.349 e. The van der Waals surface area contributed by atoms with E-state index in [1.807, 2.05) is 60.7 Å². The molecule has 0 saturated carbocycles. The lowest BCUT2D eigenvalue weighted by atomic mass is 10.00. The molecule has 6 nitrogen and oxygen atoms in total. The van der Waals surface area contributed by atoms with Gasteiger partial charge in [0.1, 0.15) is 16.9 Å². The summed E-state index contributed by atoms with van der Waals surface area (Å²) >= 11 is 0. The maximum absolute atomic E-state index is 13.0. The molecule has 5 aromatic rings. The molecule has 0 aliphatic rings. The van der Waals surface area contributed by atoms with Crippen LogP contribution in [0.2, 0.25) is 0 Å². The normalized spacial score (nSPS) is 10.7. The molecule has 0 unspecified atom stereocenters. The molecule has 0 saturated heterocycles. The van der Waals surface area contributed by atoms with Crippen molar-refractivity contribution in [2.24, 2.45) is 0 Å². The first kappa shape index (κ1) is 24.7. The zero-order chi connectivity index (χ0) is 26.3. The molecule has 38 heavy (non-hydrogen) atoms. The van der Waals surface area contributed by atoms with Crippen LogP contribution in [0.3, 0.4) is 0 Å². The quantitative estimate of drug-likeness (QED) is 0.166. The molecule has 0 fully saturated rings. The summed E-state index contributed by atoms with van der Waals surface area (Å²) in [6.45, 7) is 0.291. The molecule has 6 heteroatoms. The summed E-state index contributed by atoms with van der Waals surface area (Å²) < 4.78 is 11.0. The van der Waals surface area contributed by atoms with Crippen LogP contribution in [-0.2, 0) is 19.4 Å². The van der Waals surface area contributed by atoms with Gasteiger partial charge in [-0.05, 0) is 53.8 Å². The predicted molar refractivity (Wildman–Crippen MR) is 145 cm³/mol. The summed E-state index contributed by atoms with van der Waals surface area (Å²) in [5.41, 5.74) is 2.84. The molecule has 1 aromatic heterocycles. The molecule has 5 rings (SSSR count). The van der Waals surface area contributed by atoms with Gasteiger partial charge in [0.05, 0.1) is 5.56 Å². The number of nitrogens with one attached hydrogen (secondary N) is 1. The number of carbonyl (C=O) groups is 2. The van der Waals surface area contributed by atoms with Gasteiger partial charge in [-0.15, -0.1) is 0 Å². The Kier molecular flexibility index (Phi) is 7.41. The number of amides is 1. The number of hydrogen-bond acceptors (Lipinski definition) is 5. The van der Waals surface area contributed by atoms with Crippen molar-refractivity contribution in [2.45, 2.75) is 19.4 Å². The Hall–Kier alpha value is -4.97. The Balaban J connectivity index is 1.30. The van der Waals surface area contributed by atoms with Crippen LogP contribution in [0.15, 0.2) is 118 Å². The molecule has 1 amide bonds. The Morgan fingerprint density at radius 2 is 1.39 bits per heavy atom. The minimum absolute atomic E-state index is 0.0921. The van der Waals surface area contributed by atoms with Gasteiger partial charge in [0.15, 0.2) is 0 Å². The molecule has 0 atom stereocenters. The van der Waals surface area contributed by atoms with Gasteiger partial charge in [-0.2, -0.15) is 0 Å². The van der Waals surface area contributed by atoms with Crippen LogP contribution in [0.1, 0.15) is 37.4 Å². The lowest BCUT2D eigenvalue weighted by Gasteiger charge is -2.10. The number of esters is 1. The van der Waals surface area contributed by atoms with E-state index in [0.29, 0.717) is 23.9 Å². The molecule has 1 N–H and O–H groups in total. The van der Waals surface area contributed by atoms with E-state index in [9.17, 15) is 14.4 Å². The van der Waals surface area contributed by atoms with E-state index in [1.54, 1.807) is 24.3 Å². The van der Waals surface area contributed by atoms with Gasteiger partial charge in [-0.25, -0.2) is 9.59 Å². The molecule has 0 radical (unpaired) electrons. The standard InChI is InChI=1S/C32H25NO5/c34-30(33-21-23-11-5-2-6-12-23)28-19-25-17-18-26(20-29(25)38-32(28)36)37-31(35)27-14-8-7-13-24(27)16-15-22-9-3-1-4-10-22/h1-14,17-20H,15-16,21H2,(H,33,34). The van der Waals surface area contributed by atoms with Crippen LogP contribution in [0.5, 0.6) is 5.75 Å². The van der Waals surface area contributed by atoms with Crippen LogP contribution in [-0.4, -0.2) is 11.9 Å². The fourth-order valence-electron chi connectivity index (χ4n) is 4.21. The fraction of sp³-hybridized carbons (Fsp3) is 0.0938. The zero-order valence-corrected chi connectivity index (χ0v) is 20.6. The number of carbonyl (C=O) groups excluding carboxylic acids is 2. The number of hydrogen-bond donors (Lipinski definition) is 1. The number of ether oxygens (including phenoxy) is 1. The highest BCUT2D eigenvalue weighted by molar-refractivity contribution is 5.97. The van der Waals surface area contributed by atoms with Crippen molar-refractivity contribution >= 4 is 22.8 Å². The molecule has 0 spiro atoms. The minimum Gasteiger partial charge on any atom is -0.423 e. The van der Waals surface area contributed by atoms with Crippen LogP contribution in [0.4, 0.5) is 0 Å². The Morgan fingerprint density at radius 3 is 2.16 bits per heavy atom. The topological polar surface area (TPSA) is 85.6 Å². The van der Waals surface area contributed by atoms with E-state index in [4.69, 9.17) is 9.15 Å². The van der Waals surface area contributed by atoms with Gasteiger partial charge in [-0.1, -0.05) is 78.9 Å². The van der Waals surface area contributed by atoms with Gasteiger partial charge >= 0.3 is 11.6 Å². The monoisotopic (exact) mass is 503 g/mol. The highest BCUT2D eigenvalue weighted by Gasteiger charge is 2.16. The van der Waals surface area contributed by atoms with E-state index in [0.717, 1.165) is 17.5 Å². The van der Waals surface area contributed by atoms with Crippen molar-refractivity contribution in [3.05, 3.63) is 147 Å². The first-order chi connectivity index (χ1) is 18.6. The number of fused-ring (bicyclic) bond motifs is 1. The van der Waals surface area contributed by atoms with Crippen LogP contribution in [0, 0.1) is 0 Å². The summed E-state index contributed by atoms with van der Waals surface area (Å²) in [5.74, 6) is -0.774. The summed E-state index contributed by atoms with van der Waals surface area (Å²) in [7, 11) is 0. The second kappa shape index (κ2) is 11.4. The van der Waals surface area contributed by atoms with E-state index >= 15 is 0 Å². The number of rotatable bonds is 8. The molecular formula is C32H25NO5. The summed E-state index contributed by atoms with van der Waals surface area (Å²) in [6.07, 6.45) is 1.49. The van der Waals surface area contributed by atoms with Gasteiger partial charge in [0.2, 0.25) is 0 Å². The van der Waals surface area contributed by atoms with Crippen molar-refractivity contribution < 1.29 is 18.7 Å². The highest BCUT2D eigenvalue weighted by atomic mass is 16.5. The van der Waals surface area contributed by atoms with E-state index in [1.165, 1.54) is 17.7 Å². The van der Waals surface area contributed by atoms with Crippen LogP contribution >= 0.6 is 0 Å². The Morgan fingerprint density at radius 1 is 0.711 bits per heavy atom. The van der Waals surface area contributed by atoms with Gasteiger partial charge in [-0.3, -0.25) is 4.79 Å². The molecule has 0 aliphatic carbocycles. The summed E-state index contributed by atoms with van der Waals surface area (Å²) in [5, 5.41) is 3.27. The second-order valence-corrected chi connectivity index (χ2v) is 8.85. The molecule has 0 bridgehead atoms. The Labute approximate surface area is 219 Å². The van der Waals surface area contributed by atoms with E-state index in [-0.39, 0.29) is 16.9 Å². The van der Waals surface area contributed by atoms with Crippen molar-refractivity contribution in [1.29, 1.82) is 0 Å². The predicted octanol–water partition coefficient (Wildman–Crippen LogP) is 5.73. The lowest BCUT2D eigenvalue weighted by molar-refractivity contribution is 0.0733. The molecule has 4 aromatic carbocycles. The van der Waals surface area contributed by atoms with E-state index in [2.05, 4.69) is 17.4 Å². The largest absolute Gasteiger partial charge is 0.423 e. The minimum atomic E-state index is -0.766. The average Bonchev–Trinajstić information content (AvgIpc) is 2.95. The van der Waals surface area contributed by atoms with Crippen molar-refractivity contribution in [3.8, 4) is 5.75 Å². The van der Waals surface area contributed by atoms with Gasteiger partial charge in [0.25, 0.3) is 5.91 Å². The van der Waals surface area contributed by atoms with Crippen molar-refractivity contribution in [2.75, 3.05) is 0 Å². The summed E-state index contributed by atoms with van der Waals surface area (Å²) in [6, 6.07) is 33.1. The fourth-order valence-corrected chi connectivity index (χ4v) is 4.21. The lowest BCUT2D eigenvalue weighted by Crippen LogP contribution is -2.27. The third-order valence-corrected chi connectivity index (χ3v) is 6.22. The van der Waals surface area contributed by atoms with Crippen molar-refractivity contribution in [3.63, 3.8) is 0 Å². The van der Waals surface area contributed by atoms with E-state index < -0.39 is 17.5 Å². The van der Waals surface area contributed by atoms with Gasteiger partial charge in [0, 0.05) is 18.0 Å². The van der Waals surface area contributed by atoms with Crippen LogP contribution < -0.4 is 15.7 Å². The second-order valence-electron chi connectivity index (χ2n) is 8.85. The highest BCUT2D eigenvalue weighted by Crippen LogP contribution is 2.23. The maximum atomic E-state index is 13.0. The summed E-state index contributed by atoms with van der Waals surface area (Å²) in [4.78, 5) is 38.1. The number of aryl methyl sites for hydroxylation is 2. The average molecular weight is 504 g/mol. The molecule has 1 heterocycles. The zero-order valence-electron chi connectivity index (χ0n) is 20.6. The smallest absolute Gasteiger partial charge is 0.349 e. The third-order valence-electron chi connectivity index (χ3n) is 6.22. The first-order valence-electron chi connectivity index (χ1n) is 12.3.